The maximum absolute atomic E-state index is 11.7. The molecular formula is C13H21N3O3. The third kappa shape index (κ3) is 5.11. The molecule has 106 valence electrons. The Balaban J connectivity index is 2.59. The predicted molar refractivity (Wildman–Crippen MR) is 71.5 cm³/mol. The standard InChI is InChI=1S/C13H21N3O3/c1-5-10(15-12(18)19-13(2,3)4)8-11-14-6-7-16(11)9-17/h6-7,9-10H,5,8H2,1-4H3,(H,15,18). The van der Waals surface area contributed by atoms with Crippen molar-refractivity contribution in [3.63, 3.8) is 0 Å². The summed E-state index contributed by atoms with van der Waals surface area (Å²) in [6.07, 6.45) is 4.60. The summed E-state index contributed by atoms with van der Waals surface area (Å²) in [7, 11) is 0. The highest BCUT2D eigenvalue weighted by Crippen LogP contribution is 2.08. The third-order valence-electron chi connectivity index (χ3n) is 2.51. The van der Waals surface area contributed by atoms with Gasteiger partial charge in [-0.3, -0.25) is 9.36 Å². The van der Waals surface area contributed by atoms with Gasteiger partial charge in [0.25, 0.3) is 0 Å². The Labute approximate surface area is 113 Å². The summed E-state index contributed by atoms with van der Waals surface area (Å²) in [4.78, 5) is 26.6. The average Bonchev–Trinajstić information content (AvgIpc) is 2.72. The lowest BCUT2D eigenvalue weighted by Crippen LogP contribution is -2.40. The molecule has 0 aliphatic heterocycles. The monoisotopic (exact) mass is 267 g/mol. The molecule has 0 radical (unpaired) electrons. The van der Waals surface area contributed by atoms with Gasteiger partial charge in [-0.15, -0.1) is 0 Å². The number of nitrogens with one attached hydrogen (secondary N) is 1. The molecule has 0 bridgehead atoms. The number of amides is 1. The SMILES string of the molecule is CCC(Cc1nccn1C=O)NC(=O)OC(C)(C)C. The first-order valence-electron chi connectivity index (χ1n) is 6.32. The number of aromatic nitrogens is 2. The van der Waals surface area contributed by atoms with Crippen LogP contribution in [0.5, 0.6) is 0 Å². The molecule has 0 fully saturated rings. The highest BCUT2D eigenvalue weighted by atomic mass is 16.6. The Bertz CT molecular complexity index is 435. The lowest BCUT2D eigenvalue weighted by Gasteiger charge is -2.22. The maximum Gasteiger partial charge on any atom is 0.407 e. The van der Waals surface area contributed by atoms with E-state index in [1.54, 1.807) is 12.4 Å². The van der Waals surface area contributed by atoms with Crippen LogP contribution in [0.25, 0.3) is 0 Å². The van der Waals surface area contributed by atoms with E-state index in [1.807, 2.05) is 27.7 Å². The zero-order valence-electron chi connectivity index (χ0n) is 11.8. The van der Waals surface area contributed by atoms with Crippen molar-refractivity contribution in [2.24, 2.45) is 0 Å². The number of ether oxygens (including phenoxy) is 1. The fourth-order valence-corrected chi connectivity index (χ4v) is 1.59. The van der Waals surface area contributed by atoms with Crippen molar-refractivity contribution < 1.29 is 14.3 Å². The summed E-state index contributed by atoms with van der Waals surface area (Å²) >= 11 is 0. The molecule has 1 amide bonds. The molecule has 0 aliphatic carbocycles. The van der Waals surface area contributed by atoms with E-state index in [4.69, 9.17) is 4.74 Å². The molecule has 1 rings (SSSR count). The van der Waals surface area contributed by atoms with Gasteiger partial charge in [0.2, 0.25) is 6.41 Å². The van der Waals surface area contributed by atoms with Crippen LogP contribution in [0, 0.1) is 0 Å². The van der Waals surface area contributed by atoms with Crippen LogP contribution in [0.2, 0.25) is 0 Å². The molecule has 1 heterocycles. The number of hydrogen-bond donors (Lipinski definition) is 1. The number of rotatable bonds is 5. The Morgan fingerprint density at radius 2 is 2.26 bits per heavy atom. The van der Waals surface area contributed by atoms with E-state index in [-0.39, 0.29) is 6.04 Å². The van der Waals surface area contributed by atoms with Crippen molar-refractivity contribution in [2.45, 2.75) is 52.2 Å². The molecule has 1 N–H and O–H groups in total. The largest absolute Gasteiger partial charge is 0.444 e. The first-order chi connectivity index (χ1) is 8.85. The second kappa shape index (κ2) is 6.36. The van der Waals surface area contributed by atoms with Crippen LogP contribution >= 0.6 is 0 Å². The van der Waals surface area contributed by atoms with Gasteiger partial charge in [0.15, 0.2) is 0 Å². The highest BCUT2D eigenvalue weighted by Gasteiger charge is 2.19. The zero-order chi connectivity index (χ0) is 14.5. The summed E-state index contributed by atoms with van der Waals surface area (Å²) < 4.78 is 6.60. The Hall–Kier alpha value is -1.85. The Morgan fingerprint density at radius 3 is 2.79 bits per heavy atom. The Morgan fingerprint density at radius 1 is 1.58 bits per heavy atom. The fourth-order valence-electron chi connectivity index (χ4n) is 1.59. The van der Waals surface area contributed by atoms with Gasteiger partial charge >= 0.3 is 6.09 Å². The van der Waals surface area contributed by atoms with Gasteiger partial charge < -0.3 is 10.1 Å². The molecule has 1 aromatic rings. The Kier molecular flexibility index (Phi) is 5.09. The highest BCUT2D eigenvalue weighted by molar-refractivity contribution is 5.68. The molecule has 1 unspecified atom stereocenters. The van der Waals surface area contributed by atoms with Gasteiger partial charge in [0.1, 0.15) is 11.4 Å². The number of carbonyl (C=O) groups is 2. The summed E-state index contributed by atoms with van der Waals surface area (Å²) in [5, 5.41) is 2.78. The molecule has 6 heteroatoms. The lowest BCUT2D eigenvalue weighted by molar-refractivity contribution is 0.0502. The molecule has 6 nitrogen and oxygen atoms in total. The van der Waals surface area contributed by atoms with E-state index >= 15 is 0 Å². The molecule has 0 spiro atoms. The average molecular weight is 267 g/mol. The first kappa shape index (κ1) is 15.2. The van der Waals surface area contributed by atoms with Crippen LogP contribution in [0.4, 0.5) is 4.79 Å². The molecular weight excluding hydrogens is 246 g/mol. The van der Waals surface area contributed by atoms with Crippen molar-refractivity contribution in [3.05, 3.63) is 18.2 Å². The van der Waals surface area contributed by atoms with Crippen LogP contribution < -0.4 is 5.32 Å². The van der Waals surface area contributed by atoms with Crippen LogP contribution in [0.3, 0.4) is 0 Å². The van der Waals surface area contributed by atoms with E-state index < -0.39 is 11.7 Å². The molecule has 19 heavy (non-hydrogen) atoms. The minimum Gasteiger partial charge on any atom is -0.444 e. The zero-order valence-corrected chi connectivity index (χ0v) is 11.8. The third-order valence-corrected chi connectivity index (χ3v) is 2.51. The second-order valence-electron chi connectivity index (χ2n) is 5.31. The molecule has 1 atom stereocenters. The van der Waals surface area contributed by atoms with Crippen molar-refractivity contribution in [1.29, 1.82) is 0 Å². The summed E-state index contributed by atoms with van der Waals surface area (Å²) in [6.45, 7) is 7.39. The number of hydrogen-bond acceptors (Lipinski definition) is 4. The molecule has 0 aliphatic rings. The van der Waals surface area contributed by atoms with Crippen molar-refractivity contribution in [2.75, 3.05) is 0 Å². The predicted octanol–water partition coefficient (Wildman–Crippen LogP) is 1.77. The topological polar surface area (TPSA) is 73.2 Å². The summed E-state index contributed by atoms with van der Waals surface area (Å²) in [6, 6.07) is -0.115. The normalized spacial score (nSPS) is 12.8. The smallest absolute Gasteiger partial charge is 0.407 e. The number of carbonyl (C=O) groups excluding carboxylic acids is 2. The second-order valence-corrected chi connectivity index (χ2v) is 5.31. The molecule has 0 aromatic carbocycles. The number of nitrogens with zero attached hydrogens (tertiary/aromatic N) is 2. The van der Waals surface area contributed by atoms with Crippen LogP contribution in [0.15, 0.2) is 12.4 Å². The van der Waals surface area contributed by atoms with Gasteiger partial charge in [0, 0.05) is 24.9 Å². The molecule has 0 saturated carbocycles. The minimum absolute atomic E-state index is 0.115. The number of alkyl carbamates (subject to hydrolysis) is 1. The van der Waals surface area contributed by atoms with E-state index in [0.717, 1.165) is 6.42 Å². The van der Waals surface area contributed by atoms with E-state index in [1.165, 1.54) is 4.57 Å². The maximum atomic E-state index is 11.7. The van der Waals surface area contributed by atoms with Gasteiger partial charge in [0.05, 0.1) is 0 Å². The fraction of sp³-hybridized carbons (Fsp3) is 0.615. The lowest BCUT2D eigenvalue weighted by atomic mass is 10.1. The first-order valence-corrected chi connectivity index (χ1v) is 6.32. The summed E-state index contributed by atoms with van der Waals surface area (Å²) in [5.41, 5.74) is -0.524. The van der Waals surface area contributed by atoms with Crippen molar-refractivity contribution >= 4 is 12.5 Å². The summed E-state index contributed by atoms with van der Waals surface area (Å²) in [5.74, 6) is 0.623. The minimum atomic E-state index is -0.524. The van der Waals surface area contributed by atoms with E-state index in [0.29, 0.717) is 18.7 Å². The van der Waals surface area contributed by atoms with Gasteiger partial charge in [-0.05, 0) is 27.2 Å². The van der Waals surface area contributed by atoms with Gasteiger partial charge in [-0.25, -0.2) is 9.78 Å². The van der Waals surface area contributed by atoms with Crippen LogP contribution in [-0.4, -0.2) is 33.7 Å². The number of imidazole rings is 1. The van der Waals surface area contributed by atoms with Crippen LogP contribution in [0.1, 0.15) is 39.9 Å². The van der Waals surface area contributed by atoms with Crippen LogP contribution in [-0.2, 0) is 16.0 Å². The van der Waals surface area contributed by atoms with E-state index in [2.05, 4.69) is 10.3 Å². The van der Waals surface area contributed by atoms with Crippen molar-refractivity contribution in [1.82, 2.24) is 14.9 Å². The molecule has 1 aromatic heterocycles. The van der Waals surface area contributed by atoms with Gasteiger partial charge in [-0.2, -0.15) is 0 Å². The van der Waals surface area contributed by atoms with Gasteiger partial charge in [-0.1, -0.05) is 6.92 Å². The quantitative estimate of drug-likeness (QED) is 0.825. The molecule has 0 saturated heterocycles. The van der Waals surface area contributed by atoms with E-state index in [9.17, 15) is 9.59 Å². The van der Waals surface area contributed by atoms with Crippen molar-refractivity contribution in [3.8, 4) is 0 Å².